The van der Waals surface area contributed by atoms with Gasteiger partial charge in [-0.05, 0) is 84.1 Å². The van der Waals surface area contributed by atoms with Gasteiger partial charge in [0.1, 0.15) is 11.0 Å². The molecule has 0 spiro atoms. The monoisotopic (exact) mass is 461 g/mol. The van der Waals surface area contributed by atoms with Crippen molar-refractivity contribution in [2.24, 2.45) is 17.3 Å². The van der Waals surface area contributed by atoms with Crippen LogP contribution in [0.15, 0.2) is 6.07 Å². The van der Waals surface area contributed by atoms with Crippen LogP contribution < -0.4 is 4.90 Å². The highest BCUT2D eigenvalue weighted by Crippen LogP contribution is 2.39. The molecule has 1 heterocycles. The number of nitrogens with zero attached hydrogens (tertiary/aromatic N) is 1. The van der Waals surface area contributed by atoms with Crippen molar-refractivity contribution in [2.45, 2.75) is 91.3 Å². The van der Waals surface area contributed by atoms with Crippen LogP contribution in [-0.4, -0.2) is 31.2 Å². The van der Waals surface area contributed by atoms with E-state index in [9.17, 15) is 14.0 Å². The fourth-order valence-corrected chi connectivity index (χ4v) is 5.52. The van der Waals surface area contributed by atoms with E-state index in [0.717, 1.165) is 30.6 Å². The van der Waals surface area contributed by atoms with E-state index >= 15 is 0 Å². The highest BCUT2D eigenvalue weighted by Gasteiger charge is 2.37. The molecule has 1 aromatic rings. The fraction of sp³-hybridized carbons (Fsp3) is 0.692. The van der Waals surface area contributed by atoms with Crippen LogP contribution in [0.2, 0.25) is 0 Å². The Morgan fingerprint density at radius 3 is 2.28 bits per heavy atom. The summed E-state index contributed by atoms with van der Waals surface area (Å²) in [6.07, 6.45) is 5.11. The van der Waals surface area contributed by atoms with Crippen molar-refractivity contribution < 1.29 is 18.7 Å². The van der Waals surface area contributed by atoms with Crippen LogP contribution in [0.4, 0.5) is 10.1 Å². The summed E-state index contributed by atoms with van der Waals surface area (Å²) in [5, 5.41) is 0. The molecule has 32 heavy (non-hydrogen) atoms. The third-order valence-corrected chi connectivity index (χ3v) is 7.52. The third-order valence-electron chi connectivity index (χ3n) is 6.50. The number of rotatable bonds is 4. The lowest BCUT2D eigenvalue weighted by Crippen LogP contribution is -2.46. The number of hydrogen-bond donors (Lipinski definition) is 0. The van der Waals surface area contributed by atoms with Crippen molar-refractivity contribution in [2.75, 3.05) is 12.0 Å². The Labute approximate surface area is 195 Å². The zero-order chi connectivity index (χ0) is 23.5. The molecule has 2 saturated carbocycles. The largest absolute Gasteiger partial charge is 0.465 e. The van der Waals surface area contributed by atoms with Crippen LogP contribution in [0, 0.1) is 29.1 Å². The van der Waals surface area contributed by atoms with Crippen molar-refractivity contribution >= 4 is 28.9 Å². The molecule has 6 heteroatoms. The molecule has 0 radical (unpaired) electrons. The molecule has 0 atom stereocenters. The maximum Gasteiger partial charge on any atom is 0.350 e. The summed E-state index contributed by atoms with van der Waals surface area (Å²) in [5.74, 6) is 6.59. The minimum atomic E-state index is -0.811. The zero-order valence-corrected chi connectivity index (χ0v) is 20.8. The van der Waals surface area contributed by atoms with Gasteiger partial charge in [0.15, 0.2) is 0 Å². The van der Waals surface area contributed by atoms with Gasteiger partial charge in [0.05, 0.1) is 17.7 Å². The lowest BCUT2D eigenvalue weighted by Gasteiger charge is -2.38. The van der Waals surface area contributed by atoms with Crippen molar-refractivity contribution in [1.29, 1.82) is 0 Å². The number of amides is 1. The molecule has 176 valence electrons. The summed E-state index contributed by atoms with van der Waals surface area (Å²) in [5.41, 5.74) is 0.412. The summed E-state index contributed by atoms with van der Waals surface area (Å²) in [4.78, 5) is 29.5. The first-order chi connectivity index (χ1) is 15.1. The van der Waals surface area contributed by atoms with E-state index in [4.69, 9.17) is 4.74 Å². The van der Waals surface area contributed by atoms with Gasteiger partial charge < -0.3 is 9.64 Å². The predicted octanol–water partition coefficient (Wildman–Crippen LogP) is 6.37. The number of anilines is 1. The van der Waals surface area contributed by atoms with Crippen LogP contribution in [0.3, 0.4) is 0 Å². The molecule has 0 bridgehead atoms. The first-order valence-electron chi connectivity index (χ1n) is 11.8. The summed E-state index contributed by atoms with van der Waals surface area (Å²) in [6.45, 7) is 8.33. The molecule has 2 aliphatic carbocycles. The van der Waals surface area contributed by atoms with Gasteiger partial charge in [-0.25, -0.2) is 9.18 Å². The van der Waals surface area contributed by atoms with Crippen LogP contribution in [0.25, 0.3) is 0 Å². The second-order valence-corrected chi connectivity index (χ2v) is 11.4. The third kappa shape index (κ3) is 6.13. The molecule has 1 amide bonds. The van der Waals surface area contributed by atoms with E-state index < -0.39 is 12.1 Å². The zero-order valence-electron chi connectivity index (χ0n) is 20.0. The maximum absolute atomic E-state index is 13.9. The number of esters is 1. The summed E-state index contributed by atoms with van der Waals surface area (Å²) >= 11 is 1.27. The Balaban J connectivity index is 2.02. The standard InChI is InChI=1S/C26H36FNO3S/c1-17-6-8-18(9-7-17)24(29)28(20-12-10-19(27)11-13-20)22-16-21(14-15-26(2,3)4)32-23(22)25(30)31-5/h16-20H,6-13H2,1-5H3. The van der Waals surface area contributed by atoms with Gasteiger partial charge in [0.2, 0.25) is 5.91 Å². The van der Waals surface area contributed by atoms with E-state index in [0.29, 0.717) is 42.2 Å². The Morgan fingerprint density at radius 2 is 1.72 bits per heavy atom. The van der Waals surface area contributed by atoms with Crippen molar-refractivity contribution in [3.8, 4) is 11.8 Å². The molecule has 4 nitrogen and oxygen atoms in total. The quantitative estimate of drug-likeness (QED) is 0.386. The second-order valence-electron chi connectivity index (χ2n) is 10.4. The topological polar surface area (TPSA) is 46.6 Å². The number of thiophene rings is 1. The van der Waals surface area contributed by atoms with E-state index in [1.54, 1.807) is 0 Å². The molecule has 3 rings (SSSR count). The molecule has 1 aromatic heterocycles. The van der Waals surface area contributed by atoms with Crippen LogP contribution >= 0.6 is 11.3 Å². The summed E-state index contributed by atoms with van der Waals surface area (Å²) in [7, 11) is 1.36. The minimum absolute atomic E-state index is 0.0520. The summed E-state index contributed by atoms with van der Waals surface area (Å²) in [6, 6.07) is 1.76. The van der Waals surface area contributed by atoms with Crippen molar-refractivity contribution in [3.05, 3.63) is 15.8 Å². The lowest BCUT2D eigenvalue weighted by atomic mass is 9.81. The lowest BCUT2D eigenvalue weighted by molar-refractivity contribution is -0.124. The molecule has 2 aliphatic rings. The average Bonchev–Trinajstić information content (AvgIpc) is 3.17. The summed E-state index contributed by atoms with van der Waals surface area (Å²) < 4.78 is 19.0. The Bertz CT molecular complexity index is 875. The predicted molar refractivity (Wildman–Crippen MR) is 128 cm³/mol. The van der Waals surface area contributed by atoms with E-state index in [2.05, 4.69) is 18.8 Å². The number of halogens is 1. The molecule has 0 N–H and O–H groups in total. The first-order valence-corrected chi connectivity index (χ1v) is 12.6. The van der Waals surface area contributed by atoms with Gasteiger partial charge in [0, 0.05) is 17.4 Å². The molecule has 2 fully saturated rings. The first kappa shape index (κ1) is 24.8. The van der Waals surface area contributed by atoms with Crippen molar-refractivity contribution in [3.63, 3.8) is 0 Å². The molecular formula is C26H36FNO3S. The molecule has 0 aliphatic heterocycles. The van der Waals surface area contributed by atoms with Gasteiger partial charge in [-0.1, -0.05) is 18.8 Å². The van der Waals surface area contributed by atoms with E-state index in [1.165, 1.54) is 18.4 Å². The average molecular weight is 462 g/mol. The SMILES string of the molecule is COC(=O)c1sc(C#CC(C)(C)C)cc1N(C(=O)C1CCC(C)CC1)C1CCC(F)CC1. The van der Waals surface area contributed by atoms with E-state index in [-0.39, 0.29) is 23.3 Å². The Kier molecular flexibility index (Phi) is 8.03. The number of carbonyl (C=O) groups is 2. The number of alkyl halides is 1. The Morgan fingerprint density at radius 1 is 1.09 bits per heavy atom. The smallest absolute Gasteiger partial charge is 0.350 e. The number of methoxy groups -OCH3 is 1. The van der Waals surface area contributed by atoms with E-state index in [1.807, 2.05) is 31.7 Å². The van der Waals surface area contributed by atoms with Gasteiger partial charge in [-0.15, -0.1) is 11.3 Å². The normalized spacial score (nSPS) is 26.1. The van der Waals surface area contributed by atoms with Gasteiger partial charge in [0.25, 0.3) is 0 Å². The molecule has 0 aromatic carbocycles. The second kappa shape index (κ2) is 10.4. The molecule has 0 saturated heterocycles. The number of carbonyl (C=O) groups excluding carboxylic acids is 2. The minimum Gasteiger partial charge on any atom is -0.465 e. The fourth-order valence-electron chi connectivity index (χ4n) is 4.60. The molecule has 0 unspecified atom stereocenters. The van der Waals surface area contributed by atoms with Crippen LogP contribution in [0.1, 0.15) is 93.6 Å². The van der Waals surface area contributed by atoms with Crippen LogP contribution in [-0.2, 0) is 9.53 Å². The maximum atomic E-state index is 13.9. The van der Waals surface area contributed by atoms with Crippen LogP contribution in [0.5, 0.6) is 0 Å². The highest BCUT2D eigenvalue weighted by molar-refractivity contribution is 7.15. The molecular weight excluding hydrogens is 425 g/mol. The van der Waals surface area contributed by atoms with Gasteiger partial charge in [-0.3, -0.25) is 4.79 Å². The van der Waals surface area contributed by atoms with Gasteiger partial charge in [-0.2, -0.15) is 0 Å². The number of hydrogen-bond acceptors (Lipinski definition) is 4. The Hall–Kier alpha value is -1.87. The number of ether oxygens (including phenoxy) is 1. The highest BCUT2D eigenvalue weighted by atomic mass is 32.1. The van der Waals surface area contributed by atoms with Crippen molar-refractivity contribution in [1.82, 2.24) is 0 Å². The van der Waals surface area contributed by atoms with Gasteiger partial charge >= 0.3 is 5.97 Å².